The lowest BCUT2D eigenvalue weighted by molar-refractivity contribution is -0.117. The van der Waals surface area contributed by atoms with E-state index in [9.17, 15) is 4.79 Å². The third kappa shape index (κ3) is 4.72. The number of anilines is 1. The van der Waals surface area contributed by atoms with Gasteiger partial charge in [0.05, 0.1) is 13.7 Å². The van der Waals surface area contributed by atoms with Crippen LogP contribution in [-0.2, 0) is 4.79 Å². The summed E-state index contributed by atoms with van der Waals surface area (Å²) in [6.45, 7) is 5.48. The van der Waals surface area contributed by atoms with Gasteiger partial charge < -0.3 is 15.4 Å². The first-order valence-corrected chi connectivity index (χ1v) is 7.61. The first-order valence-electron chi connectivity index (χ1n) is 7.61. The summed E-state index contributed by atoms with van der Waals surface area (Å²) >= 11 is 0. The molecule has 2 rings (SSSR count). The van der Waals surface area contributed by atoms with Gasteiger partial charge in [0.25, 0.3) is 0 Å². The van der Waals surface area contributed by atoms with Gasteiger partial charge >= 0.3 is 0 Å². The fourth-order valence-electron chi connectivity index (χ4n) is 2.73. The van der Waals surface area contributed by atoms with Gasteiger partial charge in [0.15, 0.2) is 0 Å². The Bertz CT molecular complexity index is 459. The van der Waals surface area contributed by atoms with E-state index in [4.69, 9.17) is 4.74 Å². The fourth-order valence-corrected chi connectivity index (χ4v) is 2.73. The number of carbonyl (C=O) groups is 1. The van der Waals surface area contributed by atoms with E-state index in [-0.39, 0.29) is 5.91 Å². The Kier molecular flexibility index (Phi) is 6.02. The lowest BCUT2D eigenvalue weighted by Gasteiger charge is -2.33. The standard InChI is InChI=1S/C16H25N3O2/c1-3-19(14-7-5-9-17-11-14)12-16(20)18-13-6-4-8-15(10-13)21-2/h4,6,8,10,14,17H,3,5,7,9,11-12H2,1-2H3,(H,18,20). The second-order valence-corrected chi connectivity index (χ2v) is 5.34. The summed E-state index contributed by atoms with van der Waals surface area (Å²) in [5.74, 6) is 0.771. The minimum Gasteiger partial charge on any atom is -0.497 e. The van der Waals surface area contributed by atoms with Crippen molar-refractivity contribution in [1.29, 1.82) is 0 Å². The molecule has 2 N–H and O–H groups in total. The molecule has 1 unspecified atom stereocenters. The maximum absolute atomic E-state index is 12.2. The molecule has 21 heavy (non-hydrogen) atoms. The van der Waals surface area contributed by atoms with E-state index >= 15 is 0 Å². The highest BCUT2D eigenvalue weighted by molar-refractivity contribution is 5.92. The zero-order valence-corrected chi connectivity index (χ0v) is 12.9. The van der Waals surface area contributed by atoms with Crippen LogP contribution in [0.15, 0.2) is 24.3 Å². The molecule has 0 aliphatic carbocycles. The number of methoxy groups -OCH3 is 1. The van der Waals surface area contributed by atoms with Gasteiger partial charge in [-0.3, -0.25) is 9.69 Å². The van der Waals surface area contributed by atoms with Gasteiger partial charge in [-0.05, 0) is 38.1 Å². The van der Waals surface area contributed by atoms with Crippen LogP contribution in [0.2, 0.25) is 0 Å². The molecular weight excluding hydrogens is 266 g/mol. The number of hydrogen-bond acceptors (Lipinski definition) is 4. The number of nitrogens with zero attached hydrogens (tertiary/aromatic N) is 1. The van der Waals surface area contributed by atoms with E-state index in [2.05, 4.69) is 22.5 Å². The van der Waals surface area contributed by atoms with Gasteiger partial charge in [-0.2, -0.15) is 0 Å². The predicted molar refractivity (Wildman–Crippen MR) is 84.8 cm³/mol. The maximum Gasteiger partial charge on any atom is 0.238 e. The van der Waals surface area contributed by atoms with Crippen molar-refractivity contribution >= 4 is 11.6 Å². The number of piperidine rings is 1. The lowest BCUT2D eigenvalue weighted by Crippen LogP contribution is -2.48. The number of carbonyl (C=O) groups excluding carboxylic acids is 1. The van der Waals surface area contributed by atoms with Gasteiger partial charge in [-0.15, -0.1) is 0 Å². The normalized spacial score (nSPS) is 18.5. The highest BCUT2D eigenvalue weighted by Gasteiger charge is 2.21. The summed E-state index contributed by atoms with van der Waals surface area (Å²) < 4.78 is 5.16. The fraction of sp³-hybridized carbons (Fsp3) is 0.562. The van der Waals surface area contributed by atoms with Crippen molar-refractivity contribution in [3.63, 3.8) is 0 Å². The zero-order chi connectivity index (χ0) is 15.1. The van der Waals surface area contributed by atoms with Crippen molar-refractivity contribution in [1.82, 2.24) is 10.2 Å². The molecule has 1 amide bonds. The van der Waals surface area contributed by atoms with Gasteiger partial charge in [0.1, 0.15) is 5.75 Å². The molecule has 0 radical (unpaired) electrons. The molecule has 1 aromatic rings. The van der Waals surface area contributed by atoms with Gasteiger partial charge in [-0.1, -0.05) is 13.0 Å². The minimum absolute atomic E-state index is 0.0238. The molecule has 1 aromatic carbocycles. The summed E-state index contributed by atoms with van der Waals surface area (Å²) in [6, 6.07) is 7.90. The lowest BCUT2D eigenvalue weighted by atomic mass is 10.1. The minimum atomic E-state index is 0.0238. The number of ether oxygens (including phenoxy) is 1. The van der Waals surface area contributed by atoms with E-state index in [0.29, 0.717) is 12.6 Å². The van der Waals surface area contributed by atoms with Crippen molar-refractivity contribution in [2.45, 2.75) is 25.8 Å². The summed E-state index contributed by atoms with van der Waals surface area (Å²) in [4.78, 5) is 14.4. The summed E-state index contributed by atoms with van der Waals surface area (Å²) in [5.41, 5.74) is 0.775. The summed E-state index contributed by atoms with van der Waals surface area (Å²) in [5, 5.41) is 6.34. The first-order chi connectivity index (χ1) is 10.2. The quantitative estimate of drug-likeness (QED) is 0.838. The van der Waals surface area contributed by atoms with Crippen LogP contribution < -0.4 is 15.4 Å². The number of rotatable bonds is 6. The average Bonchev–Trinajstić information content (AvgIpc) is 2.53. The molecule has 1 aliphatic heterocycles. The van der Waals surface area contributed by atoms with Crippen molar-refractivity contribution in [3.8, 4) is 5.75 Å². The van der Waals surface area contributed by atoms with Crippen molar-refractivity contribution in [3.05, 3.63) is 24.3 Å². The first kappa shape index (κ1) is 15.8. The largest absolute Gasteiger partial charge is 0.497 e. The zero-order valence-electron chi connectivity index (χ0n) is 12.9. The van der Waals surface area contributed by atoms with Crippen LogP contribution in [0.4, 0.5) is 5.69 Å². The van der Waals surface area contributed by atoms with Gasteiger partial charge in [0, 0.05) is 24.3 Å². The van der Waals surface area contributed by atoms with E-state index in [1.165, 1.54) is 6.42 Å². The highest BCUT2D eigenvalue weighted by Crippen LogP contribution is 2.17. The van der Waals surface area contributed by atoms with Gasteiger partial charge in [0.2, 0.25) is 5.91 Å². The smallest absolute Gasteiger partial charge is 0.238 e. The SMILES string of the molecule is CCN(CC(=O)Nc1cccc(OC)c1)C1CCCNC1. The Morgan fingerprint density at radius 3 is 3.05 bits per heavy atom. The molecule has 5 nitrogen and oxygen atoms in total. The van der Waals surface area contributed by atoms with Crippen LogP contribution >= 0.6 is 0 Å². The van der Waals surface area contributed by atoms with Crippen LogP contribution in [0.25, 0.3) is 0 Å². The Morgan fingerprint density at radius 1 is 1.52 bits per heavy atom. The molecule has 0 aromatic heterocycles. The predicted octanol–water partition coefficient (Wildman–Crippen LogP) is 1.71. The molecule has 0 spiro atoms. The van der Waals surface area contributed by atoms with Crippen LogP contribution in [0.5, 0.6) is 5.75 Å². The number of hydrogen-bond donors (Lipinski definition) is 2. The van der Waals surface area contributed by atoms with Gasteiger partial charge in [-0.25, -0.2) is 0 Å². The Hall–Kier alpha value is -1.59. The molecule has 0 bridgehead atoms. The van der Waals surface area contributed by atoms with Crippen LogP contribution in [-0.4, -0.2) is 50.1 Å². The molecule has 5 heteroatoms. The number of amides is 1. The van der Waals surface area contributed by atoms with Crippen LogP contribution in [0, 0.1) is 0 Å². The monoisotopic (exact) mass is 291 g/mol. The second-order valence-electron chi connectivity index (χ2n) is 5.34. The molecule has 116 valence electrons. The van der Waals surface area contributed by atoms with E-state index < -0.39 is 0 Å². The maximum atomic E-state index is 12.2. The topological polar surface area (TPSA) is 53.6 Å². The number of benzene rings is 1. The Labute approximate surface area is 126 Å². The summed E-state index contributed by atoms with van der Waals surface area (Å²) in [7, 11) is 1.62. The van der Waals surface area contributed by atoms with E-state index in [1.807, 2.05) is 24.3 Å². The Balaban J connectivity index is 1.89. The molecule has 1 fully saturated rings. The van der Waals surface area contributed by atoms with Crippen molar-refractivity contribution in [2.24, 2.45) is 0 Å². The van der Waals surface area contributed by atoms with Crippen LogP contribution in [0.1, 0.15) is 19.8 Å². The third-order valence-electron chi connectivity index (χ3n) is 3.89. The highest BCUT2D eigenvalue weighted by atomic mass is 16.5. The third-order valence-corrected chi connectivity index (χ3v) is 3.89. The van der Waals surface area contributed by atoms with Crippen LogP contribution in [0.3, 0.4) is 0 Å². The average molecular weight is 291 g/mol. The number of likely N-dealkylation sites (N-methyl/N-ethyl adjacent to an activating group) is 1. The molecule has 1 aliphatic rings. The van der Waals surface area contributed by atoms with E-state index in [0.717, 1.165) is 37.5 Å². The van der Waals surface area contributed by atoms with Crippen molar-refractivity contribution < 1.29 is 9.53 Å². The second kappa shape index (κ2) is 8.00. The molecule has 1 atom stereocenters. The molecular formula is C16H25N3O2. The van der Waals surface area contributed by atoms with E-state index in [1.54, 1.807) is 7.11 Å². The summed E-state index contributed by atoms with van der Waals surface area (Å²) in [6.07, 6.45) is 2.34. The Morgan fingerprint density at radius 2 is 2.38 bits per heavy atom. The van der Waals surface area contributed by atoms with Crippen molar-refractivity contribution in [2.75, 3.05) is 38.6 Å². The molecule has 1 saturated heterocycles. The molecule has 0 saturated carbocycles. The molecule has 1 heterocycles. The number of nitrogens with one attached hydrogen (secondary N) is 2.